The zero-order valence-electron chi connectivity index (χ0n) is 15.1. The van der Waals surface area contributed by atoms with E-state index < -0.39 is 18.3 Å². The Morgan fingerprint density at radius 2 is 1.69 bits per heavy atom. The van der Waals surface area contributed by atoms with Gasteiger partial charge in [0.2, 0.25) is 5.91 Å². The van der Waals surface area contributed by atoms with E-state index in [-0.39, 0.29) is 12.5 Å². The summed E-state index contributed by atoms with van der Waals surface area (Å²) < 4.78 is 4.75. The highest BCUT2D eigenvalue weighted by Gasteiger charge is 2.16. The van der Waals surface area contributed by atoms with Crippen LogP contribution in [0.3, 0.4) is 0 Å². The van der Waals surface area contributed by atoms with Crippen molar-refractivity contribution >= 4 is 29.2 Å². The molecule has 0 saturated heterocycles. The normalized spacial score (nSPS) is 10.1. The van der Waals surface area contributed by atoms with Gasteiger partial charge in [-0.25, -0.2) is 0 Å². The first-order valence-corrected chi connectivity index (χ1v) is 8.33. The van der Waals surface area contributed by atoms with Gasteiger partial charge in [0.25, 0.3) is 5.91 Å². The standard InChI is InChI=1S/C20H22N2O4/c1-4-26-19(24)12-18(23)22-17-8-6-5-7-16(17)20(25)21-15-10-9-13(2)14(3)11-15/h5-11H,4,12H2,1-3H3,(H,21,25)(H,22,23). The smallest absolute Gasteiger partial charge is 0.315 e. The number of hydrogen-bond donors (Lipinski definition) is 2. The molecule has 0 aromatic heterocycles. The maximum absolute atomic E-state index is 12.6. The molecule has 0 bridgehead atoms. The molecule has 2 rings (SSSR count). The van der Waals surface area contributed by atoms with Crippen LogP contribution in [0.5, 0.6) is 0 Å². The third-order valence-corrected chi connectivity index (χ3v) is 3.82. The molecule has 0 radical (unpaired) electrons. The molecule has 0 fully saturated rings. The quantitative estimate of drug-likeness (QED) is 0.615. The van der Waals surface area contributed by atoms with Gasteiger partial charge in [-0.3, -0.25) is 14.4 Å². The maximum Gasteiger partial charge on any atom is 0.315 e. The monoisotopic (exact) mass is 354 g/mol. The fraction of sp³-hybridized carbons (Fsp3) is 0.250. The second-order valence-corrected chi connectivity index (χ2v) is 5.83. The summed E-state index contributed by atoms with van der Waals surface area (Å²) in [5, 5.41) is 5.41. The molecule has 0 aliphatic carbocycles. The van der Waals surface area contributed by atoms with Gasteiger partial charge >= 0.3 is 5.97 Å². The third kappa shape index (κ3) is 5.17. The highest BCUT2D eigenvalue weighted by Crippen LogP contribution is 2.19. The number of carbonyl (C=O) groups is 3. The molecular formula is C20H22N2O4. The number of benzene rings is 2. The number of amides is 2. The van der Waals surface area contributed by atoms with Crippen LogP contribution in [0, 0.1) is 13.8 Å². The van der Waals surface area contributed by atoms with E-state index in [0.29, 0.717) is 16.9 Å². The van der Waals surface area contributed by atoms with Gasteiger partial charge in [-0.15, -0.1) is 0 Å². The van der Waals surface area contributed by atoms with Crippen molar-refractivity contribution < 1.29 is 19.1 Å². The van der Waals surface area contributed by atoms with Gasteiger partial charge in [0.1, 0.15) is 6.42 Å². The summed E-state index contributed by atoms with van der Waals surface area (Å²) in [7, 11) is 0. The summed E-state index contributed by atoms with van der Waals surface area (Å²) in [5.74, 6) is -1.49. The predicted octanol–water partition coefficient (Wildman–Crippen LogP) is 3.45. The van der Waals surface area contributed by atoms with Gasteiger partial charge in [-0.05, 0) is 56.2 Å². The van der Waals surface area contributed by atoms with E-state index in [0.717, 1.165) is 11.1 Å². The van der Waals surface area contributed by atoms with Crippen LogP contribution in [0.1, 0.15) is 34.8 Å². The maximum atomic E-state index is 12.6. The van der Waals surface area contributed by atoms with Crippen molar-refractivity contribution in [2.75, 3.05) is 17.2 Å². The summed E-state index contributed by atoms with van der Waals surface area (Å²) in [6.07, 6.45) is -0.402. The van der Waals surface area contributed by atoms with Crippen molar-refractivity contribution in [1.82, 2.24) is 0 Å². The van der Waals surface area contributed by atoms with Crippen LogP contribution in [0.15, 0.2) is 42.5 Å². The fourth-order valence-corrected chi connectivity index (χ4v) is 2.35. The summed E-state index contributed by atoms with van der Waals surface area (Å²) in [4.78, 5) is 36.0. The minimum absolute atomic E-state index is 0.209. The van der Waals surface area contributed by atoms with Crippen molar-refractivity contribution in [2.45, 2.75) is 27.2 Å². The topological polar surface area (TPSA) is 84.5 Å². The first kappa shape index (κ1) is 19.2. The number of nitrogens with one attached hydrogen (secondary N) is 2. The molecule has 0 unspecified atom stereocenters. The number of hydrogen-bond acceptors (Lipinski definition) is 4. The highest BCUT2D eigenvalue weighted by atomic mass is 16.5. The van der Waals surface area contributed by atoms with Crippen molar-refractivity contribution in [1.29, 1.82) is 0 Å². The van der Waals surface area contributed by atoms with E-state index in [4.69, 9.17) is 4.74 Å². The third-order valence-electron chi connectivity index (χ3n) is 3.82. The molecular weight excluding hydrogens is 332 g/mol. The number of esters is 1. The van der Waals surface area contributed by atoms with Crippen LogP contribution in [-0.2, 0) is 14.3 Å². The SMILES string of the molecule is CCOC(=O)CC(=O)Nc1ccccc1C(=O)Nc1ccc(C)c(C)c1. The second-order valence-electron chi connectivity index (χ2n) is 5.83. The van der Waals surface area contributed by atoms with Crippen molar-refractivity contribution in [3.8, 4) is 0 Å². The van der Waals surface area contributed by atoms with Crippen LogP contribution < -0.4 is 10.6 Å². The summed E-state index contributed by atoms with van der Waals surface area (Å²) in [6.45, 7) is 5.84. The Balaban J connectivity index is 2.12. The molecule has 0 aliphatic heterocycles. The Morgan fingerprint density at radius 3 is 2.38 bits per heavy atom. The Labute approximate surface area is 152 Å². The number of anilines is 2. The molecule has 2 amide bonds. The minimum atomic E-state index is -0.609. The number of ether oxygens (including phenoxy) is 1. The van der Waals surface area contributed by atoms with Gasteiger partial charge in [-0.2, -0.15) is 0 Å². The van der Waals surface area contributed by atoms with Gasteiger partial charge in [0.15, 0.2) is 0 Å². The molecule has 6 nitrogen and oxygen atoms in total. The number of rotatable bonds is 6. The summed E-state index contributed by atoms with van der Waals surface area (Å²) in [5.41, 5.74) is 3.52. The average molecular weight is 354 g/mol. The van der Waals surface area contributed by atoms with Crippen molar-refractivity contribution in [2.24, 2.45) is 0 Å². The van der Waals surface area contributed by atoms with Gasteiger partial charge in [0, 0.05) is 5.69 Å². The van der Waals surface area contributed by atoms with Crippen LogP contribution in [0.4, 0.5) is 11.4 Å². The number of carbonyl (C=O) groups excluding carboxylic acids is 3. The van der Waals surface area contributed by atoms with E-state index in [1.54, 1.807) is 31.2 Å². The second kappa shape index (κ2) is 8.80. The van der Waals surface area contributed by atoms with E-state index >= 15 is 0 Å². The van der Waals surface area contributed by atoms with Gasteiger partial charge in [-0.1, -0.05) is 18.2 Å². The zero-order chi connectivity index (χ0) is 19.1. The minimum Gasteiger partial charge on any atom is -0.466 e. The predicted molar refractivity (Wildman–Crippen MR) is 100 cm³/mol. The fourth-order valence-electron chi connectivity index (χ4n) is 2.35. The molecule has 6 heteroatoms. The van der Waals surface area contributed by atoms with Crippen LogP contribution in [-0.4, -0.2) is 24.4 Å². The van der Waals surface area contributed by atoms with Crippen LogP contribution in [0.2, 0.25) is 0 Å². The molecule has 0 aliphatic rings. The van der Waals surface area contributed by atoms with Crippen LogP contribution >= 0.6 is 0 Å². The first-order chi connectivity index (χ1) is 12.4. The summed E-state index contributed by atoms with van der Waals surface area (Å²) >= 11 is 0. The molecule has 2 aromatic carbocycles. The molecule has 136 valence electrons. The van der Waals surface area contributed by atoms with E-state index in [2.05, 4.69) is 10.6 Å². The molecule has 0 saturated carbocycles. The molecule has 2 N–H and O–H groups in total. The van der Waals surface area contributed by atoms with Gasteiger partial charge < -0.3 is 15.4 Å². The van der Waals surface area contributed by atoms with Gasteiger partial charge in [0.05, 0.1) is 17.9 Å². The largest absolute Gasteiger partial charge is 0.466 e. The lowest BCUT2D eigenvalue weighted by molar-refractivity contribution is -0.145. The molecule has 2 aromatic rings. The molecule has 26 heavy (non-hydrogen) atoms. The van der Waals surface area contributed by atoms with Crippen LogP contribution in [0.25, 0.3) is 0 Å². The zero-order valence-corrected chi connectivity index (χ0v) is 15.1. The molecule has 0 atom stereocenters. The molecule has 0 spiro atoms. The first-order valence-electron chi connectivity index (χ1n) is 8.33. The highest BCUT2D eigenvalue weighted by molar-refractivity contribution is 6.11. The summed E-state index contributed by atoms with van der Waals surface area (Å²) in [6, 6.07) is 12.3. The lowest BCUT2D eigenvalue weighted by Gasteiger charge is -2.12. The lowest BCUT2D eigenvalue weighted by atomic mass is 10.1. The van der Waals surface area contributed by atoms with E-state index in [1.165, 1.54) is 0 Å². The Morgan fingerprint density at radius 1 is 0.962 bits per heavy atom. The Bertz CT molecular complexity index is 830. The van der Waals surface area contributed by atoms with E-state index in [1.807, 2.05) is 32.0 Å². The number of aryl methyl sites for hydroxylation is 2. The average Bonchev–Trinajstić information content (AvgIpc) is 2.58. The Hall–Kier alpha value is -3.15. The molecule has 0 heterocycles. The van der Waals surface area contributed by atoms with Crippen molar-refractivity contribution in [3.63, 3.8) is 0 Å². The van der Waals surface area contributed by atoms with Crippen molar-refractivity contribution in [3.05, 3.63) is 59.2 Å². The number of para-hydroxylation sites is 1. The van der Waals surface area contributed by atoms with E-state index in [9.17, 15) is 14.4 Å². The Kier molecular flexibility index (Phi) is 6.49. The lowest BCUT2D eigenvalue weighted by Crippen LogP contribution is -2.21.